The minimum atomic E-state index is -4.61. The molecule has 0 aromatic heterocycles. The Labute approximate surface area is 298 Å². The van der Waals surface area contributed by atoms with Gasteiger partial charge in [-0.2, -0.15) is 0 Å². The molecule has 0 bridgehead atoms. The molecule has 0 aliphatic rings. The Balaban J connectivity index is 4.35. The average Bonchev–Trinajstić information content (AvgIpc) is 3.09. The van der Waals surface area contributed by atoms with Crippen LogP contribution in [0.5, 0.6) is 0 Å². The molecule has 0 saturated heterocycles. The summed E-state index contributed by atoms with van der Waals surface area (Å²) in [5.74, 6) is -0.929. The normalized spacial score (nSPS) is 14.1. The highest BCUT2D eigenvalue weighted by atomic mass is 31.2. The van der Waals surface area contributed by atoms with Crippen molar-refractivity contribution >= 4 is 19.8 Å². The fraction of sp³-hybridized carbons (Fsp3) is 0.895. The highest BCUT2D eigenvalue weighted by Crippen LogP contribution is 2.43. The molecule has 0 spiro atoms. The van der Waals surface area contributed by atoms with Crippen LogP contribution in [0.25, 0.3) is 0 Å². The van der Waals surface area contributed by atoms with Crippen molar-refractivity contribution < 1.29 is 47.8 Å². The third-order valence-corrected chi connectivity index (χ3v) is 9.37. The highest BCUT2D eigenvalue weighted by Gasteiger charge is 2.27. The molecule has 11 heteroatoms. The zero-order chi connectivity index (χ0) is 36.3. The summed E-state index contributed by atoms with van der Waals surface area (Å²) >= 11 is 0. The minimum Gasteiger partial charge on any atom is -0.462 e. The number of hydrogen-bond acceptors (Lipinski definition) is 9. The summed E-state index contributed by atoms with van der Waals surface area (Å²) in [4.78, 5) is 34.8. The Kier molecular flexibility index (Phi) is 34.2. The maximum absolute atomic E-state index is 12.5. The van der Waals surface area contributed by atoms with Crippen LogP contribution in [-0.4, -0.2) is 65.7 Å². The monoisotopic (exact) mass is 720 g/mol. The van der Waals surface area contributed by atoms with Crippen molar-refractivity contribution in [2.24, 2.45) is 0 Å². The molecule has 0 heterocycles. The van der Waals surface area contributed by atoms with Crippen LogP contribution < -0.4 is 0 Å². The zero-order valence-electron chi connectivity index (χ0n) is 31.2. The molecular weight excluding hydrogens is 647 g/mol. The first-order chi connectivity index (χ1) is 23.7. The Morgan fingerprint density at radius 3 is 1.49 bits per heavy atom. The van der Waals surface area contributed by atoms with Gasteiger partial charge in [0.25, 0.3) is 0 Å². The van der Waals surface area contributed by atoms with Crippen LogP contribution in [-0.2, 0) is 32.7 Å². The van der Waals surface area contributed by atoms with Gasteiger partial charge in [-0.05, 0) is 38.5 Å². The number of ether oxygens (including phenoxy) is 2. The van der Waals surface area contributed by atoms with Gasteiger partial charge in [0.2, 0.25) is 0 Å². The van der Waals surface area contributed by atoms with Crippen molar-refractivity contribution in [1.82, 2.24) is 0 Å². The lowest BCUT2D eigenvalue weighted by molar-refractivity contribution is -0.161. The molecule has 0 aliphatic carbocycles. The van der Waals surface area contributed by atoms with Gasteiger partial charge in [-0.3, -0.25) is 18.6 Å². The fourth-order valence-corrected chi connectivity index (χ4v) is 6.13. The lowest BCUT2D eigenvalue weighted by Gasteiger charge is -2.20. The molecule has 0 aliphatic heterocycles. The van der Waals surface area contributed by atoms with Crippen LogP contribution >= 0.6 is 7.82 Å². The molecule has 0 aromatic carbocycles. The van der Waals surface area contributed by atoms with Crippen LogP contribution in [0, 0.1) is 0 Å². The Morgan fingerprint density at radius 1 is 0.592 bits per heavy atom. The van der Waals surface area contributed by atoms with E-state index >= 15 is 0 Å². The molecule has 0 aromatic rings. The molecule has 0 fully saturated rings. The number of allylic oxidation sites excluding steroid dienone is 2. The van der Waals surface area contributed by atoms with E-state index in [0.29, 0.717) is 12.8 Å². The molecule has 0 saturated carbocycles. The number of unbranched alkanes of at least 4 members (excludes halogenated alkanes) is 21. The summed E-state index contributed by atoms with van der Waals surface area (Å²) in [6, 6.07) is 0. The summed E-state index contributed by atoms with van der Waals surface area (Å²) in [7, 11) is -4.61. The van der Waals surface area contributed by atoms with Crippen LogP contribution in [0.1, 0.15) is 181 Å². The summed E-state index contributed by atoms with van der Waals surface area (Å²) in [6.45, 7) is 2.35. The van der Waals surface area contributed by atoms with Crippen molar-refractivity contribution in [1.29, 1.82) is 0 Å². The summed E-state index contributed by atoms with van der Waals surface area (Å²) < 4.78 is 32.6. The Morgan fingerprint density at radius 2 is 1.00 bits per heavy atom. The zero-order valence-corrected chi connectivity index (χ0v) is 32.1. The molecule has 3 atom stereocenters. The second kappa shape index (κ2) is 35.1. The van der Waals surface area contributed by atoms with Crippen molar-refractivity contribution in [2.45, 2.75) is 193 Å². The minimum absolute atomic E-state index is 0.178. The predicted octanol–water partition coefficient (Wildman–Crippen LogP) is 9.67. The van der Waals surface area contributed by atoms with Crippen LogP contribution in [0.3, 0.4) is 0 Å². The number of aliphatic hydroxyl groups excluding tert-OH is 2. The predicted molar refractivity (Wildman–Crippen MR) is 196 cm³/mol. The van der Waals surface area contributed by atoms with Crippen LogP contribution in [0.2, 0.25) is 0 Å². The fourth-order valence-electron chi connectivity index (χ4n) is 5.34. The average molecular weight is 721 g/mol. The molecule has 0 rings (SSSR count). The van der Waals surface area contributed by atoms with Gasteiger partial charge >= 0.3 is 19.8 Å². The molecule has 0 radical (unpaired) electrons. The highest BCUT2D eigenvalue weighted by molar-refractivity contribution is 7.47. The second-order valence-electron chi connectivity index (χ2n) is 13.3. The smallest absolute Gasteiger partial charge is 0.462 e. The molecule has 3 unspecified atom stereocenters. The Bertz CT molecular complexity index is 837. The second-order valence-corrected chi connectivity index (χ2v) is 14.8. The van der Waals surface area contributed by atoms with Crippen molar-refractivity contribution in [3.8, 4) is 0 Å². The molecule has 0 amide bonds. The number of phosphoric ester groups is 1. The first-order valence-corrected chi connectivity index (χ1v) is 21.1. The van der Waals surface area contributed by atoms with Gasteiger partial charge in [0.15, 0.2) is 6.10 Å². The number of phosphoric acid groups is 1. The Hall–Kier alpha value is -1.29. The van der Waals surface area contributed by atoms with E-state index < -0.39 is 51.8 Å². The molecular formula is C38H73O10P. The number of hydrogen-bond donors (Lipinski definition) is 3. The number of rotatable bonds is 37. The lowest BCUT2D eigenvalue weighted by Crippen LogP contribution is -2.29. The van der Waals surface area contributed by atoms with Crippen molar-refractivity contribution in [2.75, 3.05) is 26.4 Å². The summed E-state index contributed by atoms with van der Waals surface area (Å²) in [5, 5.41) is 18.3. The molecule has 290 valence electrons. The first kappa shape index (κ1) is 47.7. The van der Waals surface area contributed by atoms with E-state index in [1.54, 1.807) is 0 Å². The van der Waals surface area contributed by atoms with E-state index in [0.717, 1.165) is 57.8 Å². The number of aliphatic hydroxyl groups is 2. The van der Waals surface area contributed by atoms with E-state index in [1.807, 2.05) is 0 Å². The SMILES string of the molecule is CCCCCCC=CCCCCCCCC(=O)OC(COC(=O)CCCCCCCCCCCCCCC)COP(=O)(O)OCC(O)CO. The van der Waals surface area contributed by atoms with E-state index in [-0.39, 0.29) is 19.4 Å². The number of carbonyl (C=O) groups is 2. The molecule has 3 N–H and O–H groups in total. The summed E-state index contributed by atoms with van der Waals surface area (Å²) in [6.07, 6.45) is 30.3. The third-order valence-electron chi connectivity index (χ3n) is 8.42. The van der Waals surface area contributed by atoms with Gasteiger partial charge in [-0.15, -0.1) is 0 Å². The van der Waals surface area contributed by atoms with Gasteiger partial charge in [0.1, 0.15) is 12.7 Å². The van der Waals surface area contributed by atoms with Crippen molar-refractivity contribution in [3.63, 3.8) is 0 Å². The summed E-state index contributed by atoms with van der Waals surface area (Å²) in [5.41, 5.74) is 0. The molecule has 10 nitrogen and oxygen atoms in total. The van der Waals surface area contributed by atoms with Gasteiger partial charge in [0, 0.05) is 12.8 Å². The maximum Gasteiger partial charge on any atom is 0.472 e. The topological polar surface area (TPSA) is 149 Å². The maximum atomic E-state index is 12.5. The number of carbonyl (C=O) groups excluding carboxylic acids is 2. The van der Waals surface area contributed by atoms with E-state index in [1.165, 1.54) is 83.5 Å². The first-order valence-electron chi connectivity index (χ1n) is 19.6. The molecule has 49 heavy (non-hydrogen) atoms. The van der Waals surface area contributed by atoms with Crippen LogP contribution in [0.4, 0.5) is 0 Å². The quantitative estimate of drug-likeness (QED) is 0.0245. The van der Waals surface area contributed by atoms with Gasteiger partial charge in [0.05, 0.1) is 19.8 Å². The van der Waals surface area contributed by atoms with Crippen molar-refractivity contribution in [3.05, 3.63) is 12.2 Å². The largest absolute Gasteiger partial charge is 0.472 e. The van der Waals surface area contributed by atoms with Gasteiger partial charge < -0.3 is 24.6 Å². The van der Waals surface area contributed by atoms with E-state index in [9.17, 15) is 24.2 Å². The van der Waals surface area contributed by atoms with E-state index in [4.69, 9.17) is 19.1 Å². The third kappa shape index (κ3) is 34.9. The lowest BCUT2D eigenvalue weighted by atomic mass is 10.0. The van der Waals surface area contributed by atoms with Crippen LogP contribution in [0.15, 0.2) is 12.2 Å². The van der Waals surface area contributed by atoms with E-state index in [2.05, 4.69) is 30.5 Å². The number of esters is 2. The standard InChI is InChI=1S/C38H73O10P/c1-3-5-7-9-11-13-15-17-19-21-23-25-27-29-37(41)45-33-36(34-47-49(43,44)46-32-35(40)31-39)48-38(42)30-28-26-24-22-20-18-16-14-12-10-8-6-4-2/h14,16,35-36,39-40H,3-13,15,17-34H2,1-2H3,(H,43,44). The van der Waals surface area contributed by atoms with Gasteiger partial charge in [-0.25, -0.2) is 4.57 Å². The van der Waals surface area contributed by atoms with Gasteiger partial charge in [-0.1, -0.05) is 142 Å².